The summed E-state index contributed by atoms with van der Waals surface area (Å²) in [5.41, 5.74) is 2.56. The SMILES string of the molecule is CC(C)CNCc1ccc(Cl)cc1N(C)C(C)CC(C)C. The molecule has 0 saturated carbocycles. The summed E-state index contributed by atoms with van der Waals surface area (Å²) in [6.07, 6.45) is 1.18. The largest absolute Gasteiger partial charge is 0.372 e. The molecule has 21 heavy (non-hydrogen) atoms. The van der Waals surface area contributed by atoms with Crippen molar-refractivity contribution in [1.29, 1.82) is 0 Å². The molecular formula is C18H31ClN2. The van der Waals surface area contributed by atoms with Gasteiger partial charge in [0.1, 0.15) is 0 Å². The summed E-state index contributed by atoms with van der Waals surface area (Å²) in [5, 5.41) is 4.33. The summed E-state index contributed by atoms with van der Waals surface area (Å²) in [6.45, 7) is 13.2. The minimum Gasteiger partial charge on any atom is -0.372 e. The number of nitrogens with zero attached hydrogens (tertiary/aromatic N) is 1. The molecule has 2 nitrogen and oxygen atoms in total. The quantitative estimate of drug-likeness (QED) is 0.730. The molecule has 120 valence electrons. The third-order valence-electron chi connectivity index (χ3n) is 3.77. The second kappa shape index (κ2) is 8.65. The van der Waals surface area contributed by atoms with Gasteiger partial charge < -0.3 is 10.2 Å². The number of benzene rings is 1. The van der Waals surface area contributed by atoms with Gasteiger partial charge in [-0.05, 0) is 49.4 Å². The molecule has 0 heterocycles. The molecule has 0 aromatic heterocycles. The Labute approximate surface area is 135 Å². The van der Waals surface area contributed by atoms with E-state index in [1.54, 1.807) is 0 Å². The summed E-state index contributed by atoms with van der Waals surface area (Å²) in [4.78, 5) is 2.36. The zero-order valence-electron chi connectivity index (χ0n) is 14.4. The van der Waals surface area contributed by atoms with E-state index in [2.05, 4.69) is 64.0 Å². The maximum absolute atomic E-state index is 6.21. The first-order valence-electron chi connectivity index (χ1n) is 8.03. The van der Waals surface area contributed by atoms with Crippen molar-refractivity contribution in [1.82, 2.24) is 5.32 Å². The highest BCUT2D eigenvalue weighted by atomic mass is 35.5. The Morgan fingerprint density at radius 2 is 1.76 bits per heavy atom. The zero-order chi connectivity index (χ0) is 16.0. The summed E-state index contributed by atoms with van der Waals surface area (Å²) in [5.74, 6) is 1.36. The average Bonchev–Trinajstić information content (AvgIpc) is 2.38. The molecule has 0 aliphatic carbocycles. The van der Waals surface area contributed by atoms with Gasteiger partial charge in [-0.2, -0.15) is 0 Å². The fourth-order valence-electron chi connectivity index (χ4n) is 2.59. The molecule has 1 N–H and O–H groups in total. The molecule has 3 heteroatoms. The monoisotopic (exact) mass is 310 g/mol. The first-order chi connectivity index (χ1) is 9.81. The van der Waals surface area contributed by atoms with Crippen LogP contribution in [0.4, 0.5) is 5.69 Å². The lowest BCUT2D eigenvalue weighted by atomic mass is 10.0. The Kier molecular flexibility index (Phi) is 7.55. The lowest BCUT2D eigenvalue weighted by molar-refractivity contribution is 0.502. The van der Waals surface area contributed by atoms with E-state index in [4.69, 9.17) is 11.6 Å². The fraction of sp³-hybridized carbons (Fsp3) is 0.667. The second-order valence-electron chi connectivity index (χ2n) is 6.89. The number of hydrogen-bond donors (Lipinski definition) is 1. The number of nitrogens with one attached hydrogen (secondary N) is 1. The summed E-state index contributed by atoms with van der Waals surface area (Å²) < 4.78 is 0. The van der Waals surface area contributed by atoms with Crippen LogP contribution in [0, 0.1) is 11.8 Å². The second-order valence-corrected chi connectivity index (χ2v) is 7.32. The Bertz CT molecular complexity index is 429. The van der Waals surface area contributed by atoms with Crippen molar-refractivity contribution in [2.24, 2.45) is 11.8 Å². The van der Waals surface area contributed by atoms with Crippen molar-refractivity contribution in [2.75, 3.05) is 18.5 Å². The highest BCUT2D eigenvalue weighted by molar-refractivity contribution is 6.30. The lowest BCUT2D eigenvalue weighted by Gasteiger charge is -2.30. The smallest absolute Gasteiger partial charge is 0.0426 e. The van der Waals surface area contributed by atoms with Crippen LogP contribution in [0.25, 0.3) is 0 Å². The molecule has 1 rings (SSSR count). The van der Waals surface area contributed by atoms with E-state index in [-0.39, 0.29) is 0 Å². The zero-order valence-corrected chi connectivity index (χ0v) is 15.2. The van der Waals surface area contributed by atoms with Crippen molar-refractivity contribution in [2.45, 2.75) is 53.6 Å². The van der Waals surface area contributed by atoms with Gasteiger partial charge in [-0.3, -0.25) is 0 Å². The molecule has 0 saturated heterocycles. The molecule has 0 spiro atoms. The molecule has 1 unspecified atom stereocenters. The van der Waals surface area contributed by atoms with Crippen LogP contribution < -0.4 is 10.2 Å². The van der Waals surface area contributed by atoms with E-state index in [1.165, 1.54) is 17.7 Å². The number of hydrogen-bond acceptors (Lipinski definition) is 2. The van der Waals surface area contributed by atoms with Crippen LogP contribution in [0.3, 0.4) is 0 Å². The van der Waals surface area contributed by atoms with E-state index in [9.17, 15) is 0 Å². The van der Waals surface area contributed by atoms with Crippen LogP contribution >= 0.6 is 11.6 Å². The lowest BCUT2D eigenvalue weighted by Crippen LogP contribution is -2.31. The van der Waals surface area contributed by atoms with Crippen LogP contribution in [-0.4, -0.2) is 19.6 Å². The van der Waals surface area contributed by atoms with Crippen LogP contribution in [0.15, 0.2) is 18.2 Å². The molecular weight excluding hydrogens is 280 g/mol. The maximum atomic E-state index is 6.21. The third kappa shape index (κ3) is 6.27. The molecule has 0 fully saturated rings. The van der Waals surface area contributed by atoms with Crippen molar-refractivity contribution >= 4 is 17.3 Å². The predicted octanol–water partition coefficient (Wildman–Crippen LogP) is 4.96. The van der Waals surface area contributed by atoms with Gasteiger partial charge in [-0.1, -0.05) is 45.4 Å². The minimum absolute atomic E-state index is 0.507. The van der Waals surface area contributed by atoms with E-state index < -0.39 is 0 Å². The number of rotatable bonds is 8. The summed E-state index contributed by atoms with van der Waals surface area (Å²) in [7, 11) is 2.17. The molecule has 0 aliphatic rings. The van der Waals surface area contributed by atoms with Gasteiger partial charge in [-0.15, -0.1) is 0 Å². The molecule has 0 aliphatic heterocycles. The molecule has 0 amide bonds. The molecule has 1 atom stereocenters. The van der Waals surface area contributed by atoms with Gasteiger partial charge in [0.2, 0.25) is 0 Å². The topological polar surface area (TPSA) is 15.3 Å². The van der Waals surface area contributed by atoms with E-state index in [1.807, 2.05) is 6.07 Å². The normalized spacial score (nSPS) is 13.0. The Morgan fingerprint density at radius 1 is 1.10 bits per heavy atom. The highest BCUT2D eigenvalue weighted by Gasteiger charge is 2.15. The predicted molar refractivity (Wildman–Crippen MR) is 95.3 cm³/mol. The van der Waals surface area contributed by atoms with Gasteiger partial charge >= 0.3 is 0 Å². The van der Waals surface area contributed by atoms with Crippen LogP contribution in [0.2, 0.25) is 5.02 Å². The van der Waals surface area contributed by atoms with Gasteiger partial charge in [0.25, 0.3) is 0 Å². The van der Waals surface area contributed by atoms with Crippen molar-refractivity contribution in [3.8, 4) is 0 Å². The van der Waals surface area contributed by atoms with Crippen LogP contribution in [0.5, 0.6) is 0 Å². The van der Waals surface area contributed by atoms with Crippen LogP contribution in [-0.2, 0) is 6.54 Å². The number of halogens is 1. The number of anilines is 1. The van der Waals surface area contributed by atoms with Crippen LogP contribution in [0.1, 0.15) is 46.6 Å². The highest BCUT2D eigenvalue weighted by Crippen LogP contribution is 2.27. The van der Waals surface area contributed by atoms with Crippen molar-refractivity contribution in [3.63, 3.8) is 0 Å². The van der Waals surface area contributed by atoms with E-state index >= 15 is 0 Å². The molecule has 0 bridgehead atoms. The first kappa shape index (κ1) is 18.3. The van der Waals surface area contributed by atoms with Gasteiger partial charge in [0.15, 0.2) is 0 Å². The average molecular weight is 311 g/mol. The minimum atomic E-state index is 0.507. The van der Waals surface area contributed by atoms with Crippen molar-refractivity contribution in [3.05, 3.63) is 28.8 Å². The summed E-state index contributed by atoms with van der Waals surface area (Å²) in [6, 6.07) is 6.72. The molecule has 0 radical (unpaired) electrons. The third-order valence-corrected chi connectivity index (χ3v) is 4.00. The van der Waals surface area contributed by atoms with E-state index in [0.717, 1.165) is 18.1 Å². The maximum Gasteiger partial charge on any atom is 0.0426 e. The fourth-order valence-corrected chi connectivity index (χ4v) is 2.75. The summed E-state index contributed by atoms with van der Waals surface area (Å²) >= 11 is 6.21. The Balaban J connectivity index is 2.85. The van der Waals surface area contributed by atoms with Gasteiger partial charge in [-0.25, -0.2) is 0 Å². The Hall–Kier alpha value is -0.730. The first-order valence-corrected chi connectivity index (χ1v) is 8.41. The van der Waals surface area contributed by atoms with Gasteiger partial charge in [0, 0.05) is 30.3 Å². The van der Waals surface area contributed by atoms with Crippen molar-refractivity contribution < 1.29 is 0 Å². The molecule has 1 aromatic carbocycles. The standard InChI is InChI=1S/C18H31ClN2/c1-13(2)9-15(5)21(6)18-10-17(19)8-7-16(18)12-20-11-14(3)4/h7-8,10,13-15,20H,9,11-12H2,1-6H3. The molecule has 1 aromatic rings. The van der Waals surface area contributed by atoms with Gasteiger partial charge in [0.05, 0.1) is 0 Å². The van der Waals surface area contributed by atoms with E-state index in [0.29, 0.717) is 17.9 Å². The Morgan fingerprint density at radius 3 is 2.33 bits per heavy atom.